The van der Waals surface area contributed by atoms with E-state index in [9.17, 15) is 0 Å². The van der Waals surface area contributed by atoms with Gasteiger partial charge in [0, 0.05) is 31.7 Å². The molecule has 6 nitrogen and oxygen atoms in total. The molecule has 3 aromatic rings. The van der Waals surface area contributed by atoms with Crippen LogP contribution in [0.15, 0.2) is 61.1 Å². The van der Waals surface area contributed by atoms with E-state index in [1.54, 1.807) is 20.4 Å². The monoisotopic (exact) mass is 394 g/mol. The first kappa shape index (κ1) is 18.3. The second-order valence-corrected chi connectivity index (χ2v) is 7.03. The first-order valence-corrected chi connectivity index (χ1v) is 9.37. The first-order valence-electron chi connectivity index (χ1n) is 8.97. The molecule has 0 bridgehead atoms. The van der Waals surface area contributed by atoms with Crippen molar-refractivity contribution in [3.63, 3.8) is 0 Å². The number of rotatable bonds is 5. The average molecular weight is 395 g/mol. The van der Waals surface area contributed by atoms with E-state index in [-0.39, 0.29) is 12.1 Å². The van der Waals surface area contributed by atoms with Crippen molar-refractivity contribution in [1.29, 1.82) is 0 Å². The van der Waals surface area contributed by atoms with E-state index in [0.29, 0.717) is 5.11 Å². The molecule has 0 amide bonds. The lowest BCUT2D eigenvalue weighted by atomic mass is 9.98. The average Bonchev–Trinajstić information content (AvgIpc) is 3.30. The summed E-state index contributed by atoms with van der Waals surface area (Å²) in [4.78, 5) is 6.66. The highest BCUT2D eigenvalue weighted by Gasteiger charge is 2.42. The molecule has 1 fully saturated rings. The smallest absolute Gasteiger partial charge is 0.174 e. The Morgan fingerprint density at radius 2 is 1.96 bits per heavy atom. The van der Waals surface area contributed by atoms with Crippen LogP contribution in [-0.2, 0) is 7.05 Å². The van der Waals surface area contributed by atoms with E-state index < -0.39 is 0 Å². The Morgan fingerprint density at radius 3 is 2.61 bits per heavy atom. The Morgan fingerprint density at radius 1 is 1.11 bits per heavy atom. The molecule has 0 radical (unpaired) electrons. The van der Waals surface area contributed by atoms with Gasteiger partial charge in [-0.25, -0.2) is 0 Å². The number of ether oxygens (including phenoxy) is 2. The third-order valence-electron chi connectivity index (χ3n) is 4.94. The molecule has 0 unspecified atom stereocenters. The number of nitrogens with zero attached hydrogens (tertiary/aromatic N) is 3. The van der Waals surface area contributed by atoms with E-state index in [1.807, 2.05) is 54.2 Å². The molecule has 0 aliphatic carbocycles. The van der Waals surface area contributed by atoms with E-state index in [4.69, 9.17) is 21.7 Å². The van der Waals surface area contributed by atoms with Gasteiger partial charge < -0.3 is 24.3 Å². The number of hydrogen-bond donors (Lipinski definition) is 1. The Kier molecular flexibility index (Phi) is 4.92. The van der Waals surface area contributed by atoms with Crippen LogP contribution in [0, 0.1) is 0 Å². The van der Waals surface area contributed by atoms with Gasteiger partial charge in [-0.05, 0) is 48.1 Å². The maximum atomic E-state index is 5.75. The zero-order chi connectivity index (χ0) is 19.7. The molecule has 1 N–H and O–H groups in total. The number of aryl methyl sites for hydroxylation is 1. The Balaban J connectivity index is 1.87. The summed E-state index contributed by atoms with van der Waals surface area (Å²) < 4.78 is 13.1. The molecular formula is C21H22N4O2S. The lowest BCUT2D eigenvalue weighted by Crippen LogP contribution is -2.29. The predicted octanol–water partition coefficient (Wildman–Crippen LogP) is 3.61. The van der Waals surface area contributed by atoms with Gasteiger partial charge in [0.2, 0.25) is 0 Å². The lowest BCUT2D eigenvalue weighted by Gasteiger charge is -2.28. The van der Waals surface area contributed by atoms with Gasteiger partial charge in [-0.1, -0.05) is 6.07 Å². The number of benzene rings is 1. The predicted molar refractivity (Wildman–Crippen MR) is 113 cm³/mol. The summed E-state index contributed by atoms with van der Waals surface area (Å²) in [5.74, 6) is 1.47. The highest BCUT2D eigenvalue weighted by atomic mass is 32.1. The number of nitrogens with one attached hydrogen (secondary N) is 1. The van der Waals surface area contributed by atoms with Crippen LogP contribution in [0.4, 0.5) is 5.69 Å². The van der Waals surface area contributed by atoms with Gasteiger partial charge in [0.1, 0.15) is 11.5 Å². The summed E-state index contributed by atoms with van der Waals surface area (Å²) in [5, 5.41) is 4.08. The summed E-state index contributed by atoms with van der Waals surface area (Å²) in [6, 6.07) is 13.6. The van der Waals surface area contributed by atoms with E-state index in [0.717, 1.165) is 28.4 Å². The van der Waals surface area contributed by atoms with Gasteiger partial charge in [0.25, 0.3) is 0 Å². The van der Waals surface area contributed by atoms with Crippen LogP contribution < -0.4 is 19.7 Å². The van der Waals surface area contributed by atoms with Gasteiger partial charge >= 0.3 is 0 Å². The standard InChI is InChI=1S/C21H22N4O2S/c1-24-11-9-14(13-24)20-19(16-6-4-5-10-22-16)23-21(28)25(20)17-12-15(26-2)7-8-18(17)27-3/h4-13,19-20H,1-3H3,(H,23,28)/t19-,20-/m0/s1. The van der Waals surface area contributed by atoms with Crippen molar-refractivity contribution >= 4 is 23.0 Å². The van der Waals surface area contributed by atoms with Crippen LogP contribution in [0.1, 0.15) is 23.3 Å². The largest absolute Gasteiger partial charge is 0.497 e. The second-order valence-electron chi connectivity index (χ2n) is 6.64. The van der Waals surface area contributed by atoms with Crippen molar-refractivity contribution in [3.8, 4) is 11.5 Å². The maximum Gasteiger partial charge on any atom is 0.174 e. The SMILES string of the molecule is COc1ccc(OC)c(N2C(=S)N[C@@H](c3ccccn3)[C@@H]2c2ccn(C)c2)c1. The molecule has 1 aromatic carbocycles. The normalized spacial score (nSPS) is 18.8. The van der Waals surface area contributed by atoms with Crippen molar-refractivity contribution in [3.05, 3.63) is 72.3 Å². The van der Waals surface area contributed by atoms with Gasteiger partial charge in [0.15, 0.2) is 5.11 Å². The Bertz CT molecular complexity index is 989. The molecule has 144 valence electrons. The molecule has 0 saturated carbocycles. The summed E-state index contributed by atoms with van der Waals surface area (Å²) in [7, 11) is 5.32. The molecule has 1 aliphatic rings. The number of aromatic nitrogens is 2. The lowest BCUT2D eigenvalue weighted by molar-refractivity contribution is 0.403. The van der Waals surface area contributed by atoms with Crippen LogP contribution in [0.3, 0.4) is 0 Å². The molecule has 0 spiro atoms. The van der Waals surface area contributed by atoms with Crippen LogP contribution in [0.5, 0.6) is 11.5 Å². The molecule has 4 rings (SSSR count). The highest BCUT2D eigenvalue weighted by molar-refractivity contribution is 7.80. The van der Waals surface area contributed by atoms with E-state index >= 15 is 0 Å². The van der Waals surface area contributed by atoms with Crippen molar-refractivity contribution in [1.82, 2.24) is 14.9 Å². The van der Waals surface area contributed by atoms with Crippen molar-refractivity contribution in [2.45, 2.75) is 12.1 Å². The molecule has 2 atom stereocenters. The third kappa shape index (κ3) is 3.18. The summed E-state index contributed by atoms with van der Waals surface area (Å²) in [6.45, 7) is 0. The molecular weight excluding hydrogens is 372 g/mol. The maximum absolute atomic E-state index is 5.75. The van der Waals surface area contributed by atoms with Crippen molar-refractivity contribution in [2.24, 2.45) is 7.05 Å². The van der Waals surface area contributed by atoms with E-state index in [2.05, 4.69) is 27.5 Å². The molecule has 7 heteroatoms. The van der Waals surface area contributed by atoms with Gasteiger partial charge in [-0.15, -0.1) is 0 Å². The van der Waals surface area contributed by atoms with Crippen LogP contribution >= 0.6 is 12.2 Å². The van der Waals surface area contributed by atoms with Gasteiger partial charge in [0.05, 0.1) is 37.7 Å². The van der Waals surface area contributed by atoms with Crippen LogP contribution in [0.25, 0.3) is 0 Å². The summed E-state index contributed by atoms with van der Waals surface area (Å²) >= 11 is 5.75. The number of methoxy groups -OCH3 is 2. The number of thiocarbonyl (C=S) groups is 1. The fourth-order valence-electron chi connectivity index (χ4n) is 3.64. The minimum absolute atomic E-state index is 0.0791. The molecule has 1 aliphatic heterocycles. The van der Waals surface area contributed by atoms with Gasteiger partial charge in [-0.2, -0.15) is 0 Å². The minimum atomic E-state index is -0.0907. The zero-order valence-electron chi connectivity index (χ0n) is 16.0. The number of anilines is 1. The zero-order valence-corrected chi connectivity index (χ0v) is 16.8. The molecule has 28 heavy (non-hydrogen) atoms. The molecule has 3 heterocycles. The Hall–Kier alpha value is -3.06. The quantitative estimate of drug-likeness (QED) is 0.667. The van der Waals surface area contributed by atoms with Gasteiger partial charge in [-0.3, -0.25) is 4.98 Å². The minimum Gasteiger partial charge on any atom is -0.497 e. The first-order chi connectivity index (χ1) is 13.6. The molecule has 1 saturated heterocycles. The summed E-state index contributed by atoms with van der Waals surface area (Å²) in [5.41, 5.74) is 2.92. The third-order valence-corrected chi connectivity index (χ3v) is 5.25. The summed E-state index contributed by atoms with van der Waals surface area (Å²) in [6.07, 6.45) is 5.94. The van der Waals surface area contributed by atoms with Crippen molar-refractivity contribution < 1.29 is 9.47 Å². The topological polar surface area (TPSA) is 51.6 Å². The van der Waals surface area contributed by atoms with Crippen LogP contribution in [-0.4, -0.2) is 28.9 Å². The highest BCUT2D eigenvalue weighted by Crippen LogP contribution is 2.45. The van der Waals surface area contributed by atoms with Crippen molar-refractivity contribution in [2.75, 3.05) is 19.1 Å². The number of hydrogen-bond acceptors (Lipinski definition) is 4. The fraction of sp³-hybridized carbons (Fsp3) is 0.238. The Labute approximate surface area is 169 Å². The fourth-order valence-corrected chi connectivity index (χ4v) is 3.98. The second kappa shape index (κ2) is 7.52. The molecule has 2 aromatic heterocycles. The van der Waals surface area contributed by atoms with E-state index in [1.165, 1.54) is 0 Å². The number of pyridine rings is 1. The van der Waals surface area contributed by atoms with Crippen LogP contribution in [0.2, 0.25) is 0 Å².